The van der Waals surface area contributed by atoms with Crippen molar-refractivity contribution in [1.82, 2.24) is 5.32 Å². The van der Waals surface area contributed by atoms with Gasteiger partial charge in [0.25, 0.3) is 5.91 Å². The Kier molecular flexibility index (Phi) is 5.33. The van der Waals surface area contributed by atoms with Crippen LogP contribution in [0.2, 0.25) is 0 Å². The molecule has 2 N–H and O–H groups in total. The Morgan fingerprint density at radius 2 is 1.68 bits per heavy atom. The summed E-state index contributed by atoms with van der Waals surface area (Å²) < 4.78 is 0. The van der Waals surface area contributed by atoms with Gasteiger partial charge in [-0.05, 0) is 49.9 Å². The van der Waals surface area contributed by atoms with E-state index in [1.807, 2.05) is 6.92 Å². The molecule has 0 bridgehead atoms. The highest BCUT2D eigenvalue weighted by molar-refractivity contribution is 7.16. The summed E-state index contributed by atoms with van der Waals surface area (Å²) in [6.45, 7) is 10.6. The van der Waals surface area contributed by atoms with E-state index in [1.54, 1.807) is 11.3 Å². The van der Waals surface area contributed by atoms with E-state index in [2.05, 4.69) is 60.6 Å². The first-order valence-electron chi connectivity index (χ1n) is 9.07. The highest BCUT2D eigenvalue weighted by Crippen LogP contribution is 2.37. The number of hydrogen-bond acceptors (Lipinski definition) is 4. The van der Waals surface area contributed by atoms with Crippen LogP contribution in [-0.2, 0) is 0 Å². The lowest BCUT2D eigenvalue weighted by atomic mass is 10.1. The van der Waals surface area contributed by atoms with Crippen LogP contribution < -0.4 is 15.5 Å². The molecule has 0 unspecified atom stereocenters. The van der Waals surface area contributed by atoms with Gasteiger partial charge in [-0.25, -0.2) is 0 Å². The van der Waals surface area contributed by atoms with E-state index >= 15 is 0 Å². The number of amides is 1. The normalized spacial score (nSPS) is 16.2. The average molecular weight is 358 g/mol. The molecule has 1 aromatic carbocycles. The fourth-order valence-electron chi connectivity index (χ4n) is 3.33. The summed E-state index contributed by atoms with van der Waals surface area (Å²) in [5.74, 6) is 0.0169. The zero-order valence-corrected chi connectivity index (χ0v) is 16.3. The molecule has 0 fully saturated rings. The number of benzene rings is 1. The highest BCUT2D eigenvalue weighted by Gasteiger charge is 2.28. The van der Waals surface area contributed by atoms with Gasteiger partial charge in [-0.15, -0.1) is 11.3 Å². The monoisotopic (exact) mass is 357 g/mol. The van der Waals surface area contributed by atoms with Gasteiger partial charge in [-0.1, -0.05) is 26.0 Å². The molecular formula is C20H27N3OS. The van der Waals surface area contributed by atoms with Gasteiger partial charge < -0.3 is 15.5 Å². The van der Waals surface area contributed by atoms with Crippen LogP contribution in [0.25, 0.3) is 0 Å². The Labute approximate surface area is 154 Å². The number of carbonyl (C=O) groups is 1. The fourth-order valence-corrected chi connectivity index (χ4v) is 4.41. The lowest BCUT2D eigenvalue weighted by Crippen LogP contribution is -2.38. The molecule has 3 rings (SSSR count). The third-order valence-electron chi connectivity index (χ3n) is 4.74. The Balaban J connectivity index is 1.80. The van der Waals surface area contributed by atoms with Crippen LogP contribution in [0.1, 0.15) is 59.2 Å². The van der Waals surface area contributed by atoms with Crippen molar-refractivity contribution in [2.45, 2.75) is 46.7 Å². The Hall–Kier alpha value is -2.01. The first kappa shape index (κ1) is 17.8. The number of aryl methyl sites for hydroxylation is 1. The maximum atomic E-state index is 12.5. The van der Waals surface area contributed by atoms with Gasteiger partial charge >= 0.3 is 0 Å². The largest absolute Gasteiger partial charge is 0.372 e. The summed E-state index contributed by atoms with van der Waals surface area (Å²) in [7, 11) is 0. The van der Waals surface area contributed by atoms with Gasteiger partial charge in [0.05, 0.1) is 5.56 Å². The van der Waals surface area contributed by atoms with Crippen LogP contribution in [0.4, 0.5) is 10.7 Å². The number of thiophene rings is 1. The average Bonchev–Trinajstić information content (AvgIpc) is 2.89. The van der Waals surface area contributed by atoms with Gasteiger partial charge in [0.2, 0.25) is 0 Å². The van der Waals surface area contributed by atoms with Crippen LogP contribution in [0.5, 0.6) is 0 Å². The van der Waals surface area contributed by atoms with Crippen molar-refractivity contribution in [2.24, 2.45) is 0 Å². The van der Waals surface area contributed by atoms with Gasteiger partial charge in [-0.3, -0.25) is 4.79 Å². The topological polar surface area (TPSA) is 44.4 Å². The SMILES string of the molecule is CCCN(CCC)c1ccc([C@@H]2NC(=O)c3c(sc(C)c3C)N2)cc1. The zero-order chi connectivity index (χ0) is 18.0. The molecule has 4 nitrogen and oxygen atoms in total. The fraction of sp³-hybridized carbons (Fsp3) is 0.450. The number of nitrogens with one attached hydrogen (secondary N) is 2. The van der Waals surface area contributed by atoms with E-state index in [0.29, 0.717) is 0 Å². The summed E-state index contributed by atoms with van der Waals surface area (Å²) in [5, 5.41) is 7.54. The third-order valence-corrected chi connectivity index (χ3v) is 5.88. The lowest BCUT2D eigenvalue weighted by molar-refractivity contribution is 0.0936. The summed E-state index contributed by atoms with van der Waals surface area (Å²) in [6, 6.07) is 8.55. The molecule has 1 atom stereocenters. The third kappa shape index (κ3) is 3.52. The number of hydrogen-bond donors (Lipinski definition) is 2. The molecule has 2 heterocycles. The molecule has 134 valence electrons. The van der Waals surface area contributed by atoms with Crippen molar-refractivity contribution < 1.29 is 4.79 Å². The second-order valence-corrected chi connectivity index (χ2v) is 7.84. The van der Waals surface area contributed by atoms with Crippen molar-refractivity contribution in [1.29, 1.82) is 0 Å². The van der Waals surface area contributed by atoms with Gasteiger partial charge in [0.15, 0.2) is 0 Å². The molecule has 1 amide bonds. The van der Waals surface area contributed by atoms with Crippen molar-refractivity contribution in [2.75, 3.05) is 23.3 Å². The van der Waals surface area contributed by atoms with Crippen molar-refractivity contribution >= 4 is 27.9 Å². The van der Waals surface area contributed by atoms with E-state index in [4.69, 9.17) is 0 Å². The smallest absolute Gasteiger partial charge is 0.256 e. The van der Waals surface area contributed by atoms with Crippen LogP contribution in [0.15, 0.2) is 24.3 Å². The lowest BCUT2D eigenvalue weighted by Gasteiger charge is -2.28. The maximum absolute atomic E-state index is 12.5. The molecule has 0 aliphatic carbocycles. The Morgan fingerprint density at radius 1 is 1.04 bits per heavy atom. The molecule has 0 spiro atoms. The molecule has 0 saturated carbocycles. The van der Waals surface area contributed by atoms with E-state index in [9.17, 15) is 4.79 Å². The molecule has 0 radical (unpaired) electrons. The van der Waals surface area contributed by atoms with Gasteiger partial charge in [0.1, 0.15) is 11.2 Å². The van der Waals surface area contributed by atoms with Crippen LogP contribution in [-0.4, -0.2) is 19.0 Å². The Morgan fingerprint density at radius 3 is 2.28 bits per heavy atom. The predicted molar refractivity (Wildman–Crippen MR) is 107 cm³/mol. The number of fused-ring (bicyclic) bond motifs is 1. The van der Waals surface area contributed by atoms with E-state index in [-0.39, 0.29) is 12.1 Å². The minimum absolute atomic E-state index is 0.0169. The molecule has 5 heteroatoms. The van der Waals surface area contributed by atoms with Crippen molar-refractivity contribution in [3.05, 3.63) is 45.8 Å². The quantitative estimate of drug-likeness (QED) is 0.777. The second kappa shape index (κ2) is 7.48. The van der Waals surface area contributed by atoms with Crippen LogP contribution in [0, 0.1) is 13.8 Å². The molecule has 2 aromatic rings. The number of anilines is 2. The summed E-state index contributed by atoms with van der Waals surface area (Å²) in [5.41, 5.74) is 4.21. The molecule has 25 heavy (non-hydrogen) atoms. The zero-order valence-electron chi connectivity index (χ0n) is 15.5. The molecule has 0 saturated heterocycles. The van der Waals surface area contributed by atoms with Gasteiger partial charge in [-0.2, -0.15) is 0 Å². The first-order chi connectivity index (χ1) is 12.0. The number of carbonyl (C=O) groups excluding carboxylic acids is 1. The van der Waals surface area contributed by atoms with Gasteiger partial charge in [0, 0.05) is 23.7 Å². The predicted octanol–water partition coefficient (Wildman–Crippen LogP) is 4.85. The van der Waals surface area contributed by atoms with Crippen molar-refractivity contribution in [3.8, 4) is 0 Å². The minimum atomic E-state index is -0.169. The van der Waals surface area contributed by atoms with E-state index in [0.717, 1.165) is 47.6 Å². The summed E-state index contributed by atoms with van der Waals surface area (Å²) in [4.78, 5) is 16.1. The Bertz CT molecular complexity index is 745. The van der Waals surface area contributed by atoms with E-state index in [1.165, 1.54) is 10.6 Å². The maximum Gasteiger partial charge on any atom is 0.256 e. The summed E-state index contributed by atoms with van der Waals surface area (Å²) in [6.07, 6.45) is 2.11. The summed E-state index contributed by atoms with van der Waals surface area (Å²) >= 11 is 1.66. The van der Waals surface area contributed by atoms with Crippen LogP contribution >= 0.6 is 11.3 Å². The standard InChI is InChI=1S/C20H27N3OS/c1-5-11-23(12-6-2)16-9-7-15(8-10-16)18-21-19(24)17-13(3)14(4)25-20(17)22-18/h7-10,18,22H,5-6,11-12H2,1-4H3,(H,21,24)/t18-/m1/s1. The van der Waals surface area contributed by atoms with E-state index < -0.39 is 0 Å². The highest BCUT2D eigenvalue weighted by atomic mass is 32.1. The van der Waals surface area contributed by atoms with Crippen LogP contribution in [0.3, 0.4) is 0 Å². The first-order valence-corrected chi connectivity index (χ1v) is 9.89. The number of nitrogens with zero attached hydrogens (tertiary/aromatic N) is 1. The molecule has 1 aliphatic heterocycles. The molecule has 1 aliphatic rings. The second-order valence-electron chi connectivity index (χ2n) is 6.62. The number of rotatable bonds is 6. The van der Waals surface area contributed by atoms with Crippen molar-refractivity contribution in [3.63, 3.8) is 0 Å². The molecular weight excluding hydrogens is 330 g/mol. The molecule has 1 aromatic heterocycles. The minimum Gasteiger partial charge on any atom is -0.372 e.